The van der Waals surface area contributed by atoms with Crippen molar-refractivity contribution in [1.29, 1.82) is 0 Å². The summed E-state index contributed by atoms with van der Waals surface area (Å²) in [7, 11) is -14.8. The quantitative estimate of drug-likeness (QED) is 0.0435. The summed E-state index contributed by atoms with van der Waals surface area (Å²) in [4.78, 5) is 7.66. The Morgan fingerprint density at radius 1 is 0.652 bits per heavy atom. The van der Waals surface area contributed by atoms with Gasteiger partial charge in [-0.3, -0.25) is 23.8 Å². The fourth-order valence-electron chi connectivity index (χ4n) is 3.65. The van der Waals surface area contributed by atoms with Crippen molar-refractivity contribution in [3.63, 3.8) is 0 Å². The van der Waals surface area contributed by atoms with E-state index in [1.54, 1.807) is 0 Å². The third-order valence-corrected chi connectivity index (χ3v) is 8.20. The van der Waals surface area contributed by atoms with Crippen molar-refractivity contribution < 1.29 is 48.9 Å². The Morgan fingerprint density at radius 3 is 1.48 bits per heavy atom. The molecule has 0 spiro atoms. The average molecular weight is 722 g/mol. The monoisotopic (exact) mass is 721 g/mol. The van der Waals surface area contributed by atoms with Crippen LogP contribution in [-0.4, -0.2) is 138 Å². The van der Waals surface area contributed by atoms with Gasteiger partial charge in [-0.2, -0.15) is 35.5 Å². The van der Waals surface area contributed by atoms with Crippen LogP contribution in [0.25, 0.3) is 10.8 Å². The Hall–Kier alpha value is -1.93. The van der Waals surface area contributed by atoms with Gasteiger partial charge >= 0.3 is 0 Å². The van der Waals surface area contributed by atoms with E-state index in [4.69, 9.17) is 10.3 Å². The predicted octanol–water partition coefficient (Wildman–Crippen LogP) is 3.46. The SMILES string of the molecule is Nc1c(N=Nc2ccc([N+](=O)[O-])cc2)c(S(=O)(=O)O)cc2cc(S(=O)(=O)O)c(N=Nc3ccc(S(=O)(=O)O)cc3)c(O)c12.[Na].[Na].[Na]. The number of hydrogen-bond donors (Lipinski definition) is 5. The minimum absolute atomic E-state index is 0. The molecule has 6 N–H and O–H groups in total. The van der Waals surface area contributed by atoms with Crippen molar-refractivity contribution in [3.8, 4) is 5.75 Å². The molecule has 4 rings (SSSR count). The predicted molar refractivity (Wildman–Crippen MR) is 165 cm³/mol. The Bertz CT molecular complexity index is 2200. The summed E-state index contributed by atoms with van der Waals surface area (Å²) in [5, 5.41) is 35.8. The molecule has 0 aliphatic carbocycles. The van der Waals surface area contributed by atoms with E-state index in [9.17, 15) is 49.6 Å². The fourth-order valence-corrected chi connectivity index (χ4v) is 5.45. The van der Waals surface area contributed by atoms with Crippen LogP contribution in [0.15, 0.2) is 95.8 Å². The maximum absolute atomic E-state index is 12.2. The zero-order chi connectivity index (χ0) is 31.9. The molecular weight excluding hydrogens is 705 g/mol. The van der Waals surface area contributed by atoms with Crippen LogP contribution in [0.2, 0.25) is 0 Å². The van der Waals surface area contributed by atoms with Gasteiger partial charge in [0, 0.05) is 101 Å². The maximum atomic E-state index is 12.2. The van der Waals surface area contributed by atoms with Crippen molar-refractivity contribution in [2.75, 3.05) is 5.73 Å². The number of nitro benzene ring substituents is 1. The molecule has 0 fully saturated rings. The number of phenolic OH excluding ortho intramolecular Hbond substituents is 1. The van der Waals surface area contributed by atoms with Crippen LogP contribution in [0.4, 0.5) is 34.1 Å². The first kappa shape index (κ1) is 42.1. The van der Waals surface area contributed by atoms with Crippen molar-refractivity contribution in [1.82, 2.24) is 0 Å². The molecule has 0 heterocycles. The van der Waals surface area contributed by atoms with Crippen LogP contribution in [0.3, 0.4) is 0 Å². The number of aromatic hydroxyl groups is 1. The molecule has 0 amide bonds. The number of phenols is 1. The third-order valence-electron chi connectivity index (χ3n) is 5.60. The van der Waals surface area contributed by atoms with Crippen molar-refractivity contribution >= 4 is 164 Å². The molecule has 0 unspecified atom stereocenters. The Labute approximate surface area is 326 Å². The summed E-state index contributed by atoms with van der Waals surface area (Å²) in [5.74, 6) is -1.03. The number of fused-ring (bicyclic) bond motifs is 1. The van der Waals surface area contributed by atoms with E-state index in [0.29, 0.717) is 12.1 Å². The topological polar surface area (TPSA) is 302 Å². The number of nitrogen functional groups attached to an aromatic ring is 1. The van der Waals surface area contributed by atoms with E-state index in [-0.39, 0.29) is 106 Å². The summed E-state index contributed by atoms with van der Waals surface area (Å²) in [6.45, 7) is 0. The molecule has 0 saturated carbocycles. The zero-order valence-electron chi connectivity index (χ0n) is 23.9. The van der Waals surface area contributed by atoms with Gasteiger partial charge in [-0.1, -0.05) is 0 Å². The van der Waals surface area contributed by atoms with E-state index in [1.807, 2.05) is 0 Å². The largest absolute Gasteiger partial charge is 0.505 e. The van der Waals surface area contributed by atoms with Crippen LogP contribution in [0.5, 0.6) is 5.75 Å². The number of azo groups is 2. The van der Waals surface area contributed by atoms with Gasteiger partial charge in [-0.05, 0) is 53.9 Å². The molecule has 0 aliphatic rings. The maximum Gasteiger partial charge on any atom is 0.296 e. The summed E-state index contributed by atoms with van der Waals surface area (Å²) in [6.07, 6.45) is 0. The number of nitrogens with zero attached hydrogens (tertiary/aromatic N) is 5. The van der Waals surface area contributed by atoms with Gasteiger partial charge in [0.2, 0.25) is 0 Å². The molecule has 227 valence electrons. The molecule has 0 atom stereocenters. The summed E-state index contributed by atoms with van der Waals surface area (Å²) in [5.41, 5.74) is 3.47. The number of nitro groups is 1. The number of rotatable bonds is 8. The second-order valence-electron chi connectivity index (χ2n) is 8.40. The first-order chi connectivity index (χ1) is 19.9. The number of nitrogens with two attached hydrogens (primary N) is 1. The fraction of sp³-hybridized carbons (Fsp3) is 0. The standard InChI is InChI=1S/C22H16N6O12S3.3Na/c23-19-18-11(9-16(42(35,36)37)20(19)26-24-12-1-5-14(6-2-12)28(30)31)10-17(43(38,39)40)21(22(18)29)27-25-13-3-7-15(8-4-13)41(32,33)34;;;/h1-10,29H,23H2,(H,32,33,34)(H,35,36,37)(H,38,39,40);;;. The number of anilines is 1. The van der Waals surface area contributed by atoms with Gasteiger partial charge < -0.3 is 10.8 Å². The van der Waals surface area contributed by atoms with Crippen LogP contribution in [0, 0.1) is 10.1 Å². The van der Waals surface area contributed by atoms with E-state index in [2.05, 4.69) is 20.5 Å². The zero-order valence-corrected chi connectivity index (χ0v) is 32.3. The average Bonchev–Trinajstić information content (AvgIpc) is 2.90. The van der Waals surface area contributed by atoms with Gasteiger partial charge in [-0.25, -0.2) is 0 Å². The van der Waals surface area contributed by atoms with E-state index >= 15 is 0 Å². The summed E-state index contributed by atoms with van der Waals surface area (Å²) >= 11 is 0. The first-order valence-electron chi connectivity index (χ1n) is 11.1. The van der Waals surface area contributed by atoms with Gasteiger partial charge in [0.05, 0.1) is 32.3 Å². The Balaban J connectivity index is 0.00000353. The summed E-state index contributed by atoms with van der Waals surface area (Å²) < 4.78 is 99.8. The normalized spacial score (nSPS) is 12.0. The van der Waals surface area contributed by atoms with Crippen LogP contribution >= 0.6 is 0 Å². The molecule has 3 radical (unpaired) electrons. The number of benzene rings is 4. The van der Waals surface area contributed by atoms with Crippen LogP contribution in [-0.2, 0) is 30.4 Å². The number of non-ortho nitro benzene ring substituents is 1. The van der Waals surface area contributed by atoms with Crippen molar-refractivity contribution in [3.05, 3.63) is 70.8 Å². The van der Waals surface area contributed by atoms with Crippen molar-refractivity contribution in [2.45, 2.75) is 14.7 Å². The second-order valence-corrected chi connectivity index (χ2v) is 12.6. The van der Waals surface area contributed by atoms with Crippen molar-refractivity contribution in [2.24, 2.45) is 20.5 Å². The molecule has 4 aromatic carbocycles. The van der Waals surface area contributed by atoms with Gasteiger partial charge in [-0.15, -0.1) is 10.2 Å². The third kappa shape index (κ3) is 9.58. The smallest absolute Gasteiger partial charge is 0.296 e. The van der Waals surface area contributed by atoms with Crippen LogP contribution in [0.1, 0.15) is 0 Å². The van der Waals surface area contributed by atoms with E-state index < -0.39 is 83.5 Å². The molecule has 0 aliphatic heterocycles. The molecule has 46 heavy (non-hydrogen) atoms. The minimum atomic E-state index is -5.17. The van der Waals surface area contributed by atoms with E-state index in [0.717, 1.165) is 36.4 Å². The minimum Gasteiger partial charge on any atom is -0.505 e. The first-order valence-corrected chi connectivity index (χ1v) is 15.4. The van der Waals surface area contributed by atoms with Gasteiger partial charge in [0.25, 0.3) is 36.0 Å². The summed E-state index contributed by atoms with van der Waals surface area (Å²) in [6, 6.07) is 9.91. The molecule has 18 nitrogen and oxygen atoms in total. The molecule has 0 saturated heterocycles. The van der Waals surface area contributed by atoms with E-state index in [1.165, 1.54) is 12.1 Å². The molecule has 4 aromatic rings. The Kier molecular flexibility index (Phi) is 14.6. The molecule has 0 aromatic heterocycles. The second kappa shape index (κ2) is 16.0. The molecular formula is C22H16N6Na3O12S3. The Morgan fingerprint density at radius 2 is 1.07 bits per heavy atom. The number of hydrogen-bond acceptors (Lipinski definition) is 14. The molecule has 24 heteroatoms. The molecule has 0 bridgehead atoms. The van der Waals surface area contributed by atoms with Crippen LogP contribution < -0.4 is 5.73 Å². The van der Waals surface area contributed by atoms with Gasteiger partial charge in [0.15, 0.2) is 5.75 Å². The van der Waals surface area contributed by atoms with Gasteiger partial charge in [0.1, 0.15) is 21.2 Å².